The fourth-order valence-electron chi connectivity index (χ4n) is 3.73. The van der Waals surface area contributed by atoms with Crippen LogP contribution in [0.3, 0.4) is 0 Å². The summed E-state index contributed by atoms with van der Waals surface area (Å²) in [5.41, 5.74) is 1.28. The van der Waals surface area contributed by atoms with Crippen molar-refractivity contribution in [3.05, 3.63) is 28.8 Å². The molecule has 0 bridgehead atoms. The monoisotopic (exact) mass is 336 g/mol. The van der Waals surface area contributed by atoms with Gasteiger partial charge in [0.1, 0.15) is 5.60 Å². The van der Waals surface area contributed by atoms with Crippen molar-refractivity contribution in [1.29, 1.82) is 0 Å². The second kappa shape index (κ2) is 6.70. The van der Waals surface area contributed by atoms with E-state index in [2.05, 4.69) is 17.1 Å². The number of anilines is 1. The van der Waals surface area contributed by atoms with Gasteiger partial charge in [0.25, 0.3) is 5.91 Å². The highest BCUT2D eigenvalue weighted by atomic mass is 35.5. The van der Waals surface area contributed by atoms with Gasteiger partial charge in [-0.1, -0.05) is 17.7 Å². The van der Waals surface area contributed by atoms with Crippen molar-refractivity contribution in [2.45, 2.75) is 44.6 Å². The van der Waals surface area contributed by atoms with Crippen LogP contribution in [-0.2, 0) is 4.79 Å². The first-order valence-corrected chi connectivity index (χ1v) is 8.87. The lowest BCUT2D eigenvalue weighted by atomic mass is 10.0. The van der Waals surface area contributed by atoms with Crippen LogP contribution in [0.1, 0.15) is 37.7 Å². The van der Waals surface area contributed by atoms with Gasteiger partial charge in [-0.15, -0.1) is 0 Å². The molecule has 3 rings (SSSR count). The van der Waals surface area contributed by atoms with E-state index < -0.39 is 5.60 Å². The summed E-state index contributed by atoms with van der Waals surface area (Å²) >= 11 is 6.11. The molecule has 1 saturated heterocycles. The van der Waals surface area contributed by atoms with Crippen molar-refractivity contribution in [3.63, 3.8) is 0 Å². The molecule has 0 radical (unpaired) electrons. The number of nitrogens with zero attached hydrogens (tertiary/aromatic N) is 1. The summed E-state index contributed by atoms with van der Waals surface area (Å²) in [6.45, 7) is 4.62. The van der Waals surface area contributed by atoms with Crippen molar-refractivity contribution in [3.8, 4) is 0 Å². The maximum Gasteiger partial charge on any atom is 0.251 e. The van der Waals surface area contributed by atoms with Crippen LogP contribution in [-0.4, -0.2) is 36.2 Å². The van der Waals surface area contributed by atoms with Crippen LogP contribution in [0.15, 0.2) is 18.2 Å². The molecule has 126 valence electrons. The fourth-order valence-corrected chi connectivity index (χ4v) is 3.90. The number of aliphatic hydroxyl groups is 1. The predicted octanol–water partition coefficient (Wildman–Crippen LogP) is 2.90. The van der Waals surface area contributed by atoms with E-state index in [1.165, 1.54) is 11.3 Å². The average molecular weight is 337 g/mol. The van der Waals surface area contributed by atoms with E-state index in [0.29, 0.717) is 25.3 Å². The molecule has 5 heteroatoms. The molecular weight excluding hydrogens is 312 g/mol. The minimum Gasteiger partial charge on any atom is -0.380 e. The molecule has 1 saturated carbocycles. The third-order valence-electron chi connectivity index (χ3n) is 5.20. The van der Waals surface area contributed by atoms with E-state index in [1.807, 2.05) is 18.2 Å². The molecule has 1 aliphatic heterocycles. The Bertz CT molecular complexity index is 584. The number of carbonyl (C=O) groups is 1. The van der Waals surface area contributed by atoms with Gasteiger partial charge < -0.3 is 15.3 Å². The summed E-state index contributed by atoms with van der Waals surface area (Å²) in [6.07, 6.45) is 4.11. The van der Waals surface area contributed by atoms with Crippen LogP contribution in [0, 0.1) is 12.8 Å². The zero-order valence-corrected chi connectivity index (χ0v) is 14.4. The molecular formula is C18H25ClN2O2. The van der Waals surface area contributed by atoms with Gasteiger partial charge >= 0.3 is 0 Å². The fraction of sp³-hybridized carbons (Fsp3) is 0.611. The van der Waals surface area contributed by atoms with Gasteiger partial charge in [0.2, 0.25) is 0 Å². The second-order valence-electron chi connectivity index (χ2n) is 6.98. The molecule has 1 aromatic rings. The summed E-state index contributed by atoms with van der Waals surface area (Å²) in [5.74, 6) is 0.231. The molecule has 0 aromatic heterocycles. The largest absolute Gasteiger partial charge is 0.380 e. The Balaban J connectivity index is 1.54. The number of rotatable bonds is 4. The van der Waals surface area contributed by atoms with E-state index in [1.54, 1.807) is 0 Å². The smallest absolute Gasteiger partial charge is 0.251 e. The Morgan fingerprint density at radius 1 is 1.43 bits per heavy atom. The molecule has 1 heterocycles. The van der Waals surface area contributed by atoms with Gasteiger partial charge in [0.05, 0.1) is 0 Å². The SMILES string of the molecule is Cc1ccc(Cl)cc1N1CCC(CNC(=O)C2(O)CCCC2)C1. The Hall–Kier alpha value is -1.26. The van der Waals surface area contributed by atoms with Crippen molar-refractivity contribution < 1.29 is 9.90 Å². The Morgan fingerprint density at radius 3 is 2.91 bits per heavy atom. The standard InChI is InChI=1S/C18H25ClN2O2/c1-13-4-5-15(19)10-16(13)21-9-6-14(12-21)11-20-17(22)18(23)7-2-3-8-18/h4-5,10,14,23H,2-3,6-9,11-12H2,1H3,(H,20,22). The van der Waals surface area contributed by atoms with E-state index in [9.17, 15) is 9.90 Å². The van der Waals surface area contributed by atoms with Crippen LogP contribution in [0.2, 0.25) is 5.02 Å². The maximum absolute atomic E-state index is 12.2. The van der Waals surface area contributed by atoms with Crippen LogP contribution in [0.4, 0.5) is 5.69 Å². The number of hydrogen-bond donors (Lipinski definition) is 2. The van der Waals surface area contributed by atoms with E-state index in [4.69, 9.17) is 11.6 Å². The van der Waals surface area contributed by atoms with Crippen molar-refractivity contribution >= 4 is 23.2 Å². The summed E-state index contributed by atoms with van der Waals surface area (Å²) in [4.78, 5) is 14.5. The highest BCUT2D eigenvalue weighted by Gasteiger charge is 2.39. The van der Waals surface area contributed by atoms with Crippen molar-refractivity contribution in [2.75, 3.05) is 24.5 Å². The van der Waals surface area contributed by atoms with Gasteiger partial charge in [-0.05, 0) is 62.6 Å². The average Bonchev–Trinajstić information content (AvgIpc) is 3.17. The maximum atomic E-state index is 12.2. The molecule has 23 heavy (non-hydrogen) atoms. The van der Waals surface area contributed by atoms with E-state index in [0.717, 1.165) is 37.4 Å². The van der Waals surface area contributed by atoms with Gasteiger partial charge in [0, 0.05) is 30.3 Å². The Labute approximate surface area is 142 Å². The molecule has 1 amide bonds. The third kappa shape index (κ3) is 3.64. The van der Waals surface area contributed by atoms with Gasteiger partial charge in [0.15, 0.2) is 0 Å². The minimum absolute atomic E-state index is 0.188. The molecule has 1 aliphatic carbocycles. The highest BCUT2D eigenvalue weighted by Crippen LogP contribution is 2.31. The van der Waals surface area contributed by atoms with Crippen LogP contribution >= 0.6 is 11.6 Å². The number of hydrogen-bond acceptors (Lipinski definition) is 3. The minimum atomic E-state index is -1.12. The summed E-state index contributed by atoms with van der Waals surface area (Å²) in [6, 6.07) is 5.97. The zero-order valence-electron chi connectivity index (χ0n) is 13.6. The van der Waals surface area contributed by atoms with Crippen molar-refractivity contribution in [2.24, 2.45) is 5.92 Å². The zero-order chi connectivity index (χ0) is 16.4. The molecule has 1 aromatic carbocycles. The first-order valence-electron chi connectivity index (χ1n) is 8.50. The lowest BCUT2D eigenvalue weighted by molar-refractivity contribution is -0.139. The first kappa shape index (κ1) is 16.6. The van der Waals surface area contributed by atoms with Crippen molar-refractivity contribution in [1.82, 2.24) is 5.32 Å². The number of benzene rings is 1. The van der Waals surface area contributed by atoms with E-state index >= 15 is 0 Å². The van der Waals surface area contributed by atoms with E-state index in [-0.39, 0.29) is 5.91 Å². The summed E-state index contributed by atoms with van der Waals surface area (Å²) in [5, 5.41) is 14.0. The molecule has 2 aliphatic rings. The van der Waals surface area contributed by atoms with Crippen LogP contribution in [0.25, 0.3) is 0 Å². The lowest BCUT2D eigenvalue weighted by Crippen LogP contribution is -2.46. The molecule has 0 spiro atoms. The molecule has 2 N–H and O–H groups in total. The highest BCUT2D eigenvalue weighted by molar-refractivity contribution is 6.30. The third-order valence-corrected chi connectivity index (χ3v) is 5.44. The summed E-state index contributed by atoms with van der Waals surface area (Å²) in [7, 11) is 0. The number of aryl methyl sites for hydroxylation is 1. The first-order chi connectivity index (χ1) is 11.0. The molecule has 2 fully saturated rings. The van der Waals surface area contributed by atoms with Gasteiger partial charge in [-0.25, -0.2) is 0 Å². The Morgan fingerprint density at radius 2 is 2.17 bits per heavy atom. The van der Waals surface area contributed by atoms with Gasteiger partial charge in [-0.3, -0.25) is 4.79 Å². The Kier molecular flexibility index (Phi) is 4.83. The molecule has 4 nitrogen and oxygen atoms in total. The lowest BCUT2D eigenvalue weighted by Gasteiger charge is -2.23. The molecule has 1 atom stereocenters. The number of carbonyl (C=O) groups excluding carboxylic acids is 1. The number of halogens is 1. The van der Waals surface area contributed by atoms with Crippen LogP contribution in [0.5, 0.6) is 0 Å². The predicted molar refractivity (Wildman–Crippen MR) is 92.9 cm³/mol. The summed E-state index contributed by atoms with van der Waals surface area (Å²) < 4.78 is 0. The van der Waals surface area contributed by atoms with Crippen LogP contribution < -0.4 is 10.2 Å². The van der Waals surface area contributed by atoms with Gasteiger partial charge in [-0.2, -0.15) is 0 Å². The second-order valence-corrected chi connectivity index (χ2v) is 7.42. The normalized spacial score (nSPS) is 23.3. The molecule has 1 unspecified atom stereocenters. The topological polar surface area (TPSA) is 52.6 Å². The quantitative estimate of drug-likeness (QED) is 0.889. The number of nitrogens with one attached hydrogen (secondary N) is 1. The number of amides is 1.